The molecule has 8 heteroatoms. The topological polar surface area (TPSA) is 84.8 Å². The van der Waals surface area contributed by atoms with E-state index in [0.717, 1.165) is 5.56 Å². The molecule has 0 aliphatic heterocycles. The van der Waals surface area contributed by atoms with Gasteiger partial charge in [0.2, 0.25) is 0 Å². The maximum atomic E-state index is 12.1. The molecule has 2 rings (SSSR count). The van der Waals surface area contributed by atoms with Crippen LogP contribution in [0.25, 0.3) is 0 Å². The first-order valence-electron chi connectivity index (χ1n) is 7.89. The van der Waals surface area contributed by atoms with Crippen molar-refractivity contribution < 1.29 is 14.3 Å². The van der Waals surface area contributed by atoms with Crippen LogP contribution in [-0.2, 0) is 0 Å². The van der Waals surface area contributed by atoms with Crippen molar-refractivity contribution in [2.45, 2.75) is 19.9 Å². The van der Waals surface area contributed by atoms with Gasteiger partial charge in [0.1, 0.15) is 0 Å². The molecule has 26 heavy (non-hydrogen) atoms. The van der Waals surface area contributed by atoms with E-state index in [1.165, 1.54) is 13.3 Å². The lowest BCUT2D eigenvalue weighted by molar-refractivity contribution is 0.0729. The molecule has 0 unspecified atom stereocenters. The average Bonchev–Trinajstić information content (AvgIpc) is 2.62. The first-order chi connectivity index (χ1) is 12.5. The number of carbonyl (C=O) groups excluding carboxylic acids is 1. The number of benzene rings is 1. The largest absolute Gasteiger partial charge is 0.493 e. The standard InChI is InChI=1S/C18H20N4O3S/c1-12(2)21-18(26)22-20-10-13-6-7-15(16(9-13)24-3)25-17(23)14-5-4-8-19-11-14/h4-12H,1-3H3,(H2,21,22,26)/b20-10-. The minimum Gasteiger partial charge on any atom is -0.493 e. The molecular formula is C18H20N4O3S. The van der Waals surface area contributed by atoms with Crippen LogP contribution >= 0.6 is 12.2 Å². The highest BCUT2D eigenvalue weighted by atomic mass is 32.1. The number of ether oxygens (including phenoxy) is 2. The van der Waals surface area contributed by atoms with E-state index < -0.39 is 5.97 Å². The number of thiocarbonyl (C=S) groups is 1. The van der Waals surface area contributed by atoms with Gasteiger partial charge in [-0.2, -0.15) is 5.10 Å². The summed E-state index contributed by atoms with van der Waals surface area (Å²) in [5.41, 5.74) is 3.83. The van der Waals surface area contributed by atoms with Gasteiger partial charge in [-0.3, -0.25) is 10.4 Å². The molecule has 0 radical (unpaired) electrons. The lowest BCUT2D eigenvalue weighted by atomic mass is 10.2. The lowest BCUT2D eigenvalue weighted by Gasteiger charge is -2.10. The zero-order chi connectivity index (χ0) is 18.9. The van der Waals surface area contributed by atoms with E-state index in [2.05, 4.69) is 20.8 Å². The first-order valence-corrected chi connectivity index (χ1v) is 8.30. The van der Waals surface area contributed by atoms with Crippen molar-refractivity contribution in [3.05, 3.63) is 53.9 Å². The van der Waals surface area contributed by atoms with Gasteiger partial charge in [-0.05, 0) is 62.0 Å². The maximum absolute atomic E-state index is 12.1. The number of rotatable bonds is 6. The Labute approximate surface area is 157 Å². The predicted octanol–water partition coefficient (Wildman–Crippen LogP) is 2.52. The summed E-state index contributed by atoms with van der Waals surface area (Å²) in [6.07, 6.45) is 4.61. The number of pyridine rings is 1. The van der Waals surface area contributed by atoms with Gasteiger partial charge in [-0.25, -0.2) is 4.79 Å². The van der Waals surface area contributed by atoms with Crippen LogP contribution in [0.4, 0.5) is 0 Å². The molecule has 0 atom stereocenters. The van der Waals surface area contributed by atoms with Crippen LogP contribution in [0.1, 0.15) is 29.8 Å². The molecule has 1 aromatic heterocycles. The quantitative estimate of drug-likeness (QED) is 0.265. The Balaban J connectivity index is 2.05. The van der Waals surface area contributed by atoms with Gasteiger partial charge in [-0.15, -0.1) is 0 Å². The van der Waals surface area contributed by atoms with Gasteiger partial charge < -0.3 is 14.8 Å². The van der Waals surface area contributed by atoms with E-state index in [9.17, 15) is 4.79 Å². The number of hydrazone groups is 1. The second kappa shape index (κ2) is 9.47. The van der Waals surface area contributed by atoms with Crippen LogP contribution in [0.5, 0.6) is 11.5 Å². The Morgan fingerprint density at radius 3 is 2.77 bits per heavy atom. The van der Waals surface area contributed by atoms with Gasteiger partial charge in [0.05, 0.1) is 18.9 Å². The number of nitrogens with zero attached hydrogens (tertiary/aromatic N) is 2. The molecule has 0 saturated carbocycles. The van der Waals surface area contributed by atoms with Crippen LogP contribution in [0, 0.1) is 0 Å². The van der Waals surface area contributed by atoms with Crippen LogP contribution in [-0.4, -0.2) is 35.4 Å². The lowest BCUT2D eigenvalue weighted by Crippen LogP contribution is -2.36. The SMILES string of the molecule is COc1cc(/C=N\NC(=S)NC(C)C)ccc1OC(=O)c1cccnc1. The third kappa shape index (κ3) is 5.82. The van der Waals surface area contributed by atoms with Crippen LogP contribution in [0.3, 0.4) is 0 Å². The first kappa shape index (κ1) is 19.3. The summed E-state index contributed by atoms with van der Waals surface area (Å²) in [6, 6.07) is 8.61. The molecule has 0 fully saturated rings. The number of hydrogen-bond donors (Lipinski definition) is 2. The number of aromatic nitrogens is 1. The van der Waals surface area contributed by atoms with Crippen molar-refractivity contribution in [2.24, 2.45) is 5.10 Å². The number of hydrogen-bond acceptors (Lipinski definition) is 6. The third-order valence-corrected chi connectivity index (χ3v) is 3.30. The Morgan fingerprint density at radius 2 is 2.12 bits per heavy atom. The van der Waals surface area contributed by atoms with Crippen molar-refractivity contribution in [1.82, 2.24) is 15.7 Å². The molecular weight excluding hydrogens is 352 g/mol. The Bertz CT molecular complexity index is 794. The molecule has 1 heterocycles. The molecule has 7 nitrogen and oxygen atoms in total. The van der Waals surface area contributed by atoms with E-state index in [4.69, 9.17) is 21.7 Å². The summed E-state index contributed by atoms with van der Waals surface area (Å²) in [7, 11) is 1.50. The second-order valence-corrected chi connectivity index (χ2v) is 5.95. The third-order valence-electron chi connectivity index (χ3n) is 3.09. The fourth-order valence-corrected chi connectivity index (χ4v) is 2.24. The molecule has 1 aromatic carbocycles. The molecule has 0 aliphatic rings. The second-order valence-electron chi connectivity index (χ2n) is 5.54. The highest BCUT2D eigenvalue weighted by molar-refractivity contribution is 7.80. The molecule has 136 valence electrons. The number of nitrogens with one attached hydrogen (secondary N) is 2. The number of carbonyl (C=O) groups is 1. The fraction of sp³-hybridized carbons (Fsp3) is 0.222. The van der Waals surface area contributed by atoms with Gasteiger partial charge in [-0.1, -0.05) is 0 Å². The zero-order valence-electron chi connectivity index (χ0n) is 14.7. The number of esters is 1. The predicted molar refractivity (Wildman–Crippen MR) is 104 cm³/mol. The minimum atomic E-state index is -0.510. The van der Waals surface area contributed by atoms with E-state index in [1.54, 1.807) is 42.7 Å². The normalized spacial score (nSPS) is 10.6. The summed E-state index contributed by atoms with van der Waals surface area (Å²) in [5.74, 6) is 0.210. The van der Waals surface area contributed by atoms with Crippen LogP contribution in [0.15, 0.2) is 47.8 Å². The van der Waals surface area contributed by atoms with Crippen molar-refractivity contribution >= 4 is 29.5 Å². The van der Waals surface area contributed by atoms with Crippen LogP contribution in [0.2, 0.25) is 0 Å². The highest BCUT2D eigenvalue weighted by Crippen LogP contribution is 2.28. The van der Waals surface area contributed by atoms with E-state index >= 15 is 0 Å². The number of methoxy groups -OCH3 is 1. The van der Waals surface area contributed by atoms with Gasteiger partial charge >= 0.3 is 5.97 Å². The smallest absolute Gasteiger partial charge is 0.345 e. The zero-order valence-corrected chi connectivity index (χ0v) is 15.5. The van der Waals surface area contributed by atoms with Crippen molar-refractivity contribution in [3.8, 4) is 11.5 Å². The minimum absolute atomic E-state index is 0.221. The fourth-order valence-electron chi connectivity index (χ4n) is 1.95. The summed E-state index contributed by atoms with van der Waals surface area (Å²) >= 11 is 5.09. The van der Waals surface area contributed by atoms with Gasteiger partial charge in [0, 0.05) is 18.4 Å². The van der Waals surface area contributed by atoms with Crippen molar-refractivity contribution in [3.63, 3.8) is 0 Å². The molecule has 2 N–H and O–H groups in total. The Morgan fingerprint density at radius 1 is 1.31 bits per heavy atom. The van der Waals surface area contributed by atoms with Gasteiger partial charge in [0.25, 0.3) is 0 Å². The molecule has 0 bridgehead atoms. The summed E-state index contributed by atoms with van der Waals surface area (Å²) in [4.78, 5) is 16.0. The average molecular weight is 372 g/mol. The summed E-state index contributed by atoms with van der Waals surface area (Å²) in [5, 5.41) is 7.51. The Hall–Kier alpha value is -3.00. The molecule has 0 amide bonds. The molecule has 2 aromatic rings. The van der Waals surface area contributed by atoms with Crippen molar-refractivity contribution in [1.29, 1.82) is 0 Å². The molecule has 0 aliphatic carbocycles. The van der Waals surface area contributed by atoms with Gasteiger partial charge in [0.15, 0.2) is 16.6 Å². The molecule has 0 saturated heterocycles. The molecule has 0 spiro atoms. The highest BCUT2D eigenvalue weighted by Gasteiger charge is 2.12. The summed E-state index contributed by atoms with van der Waals surface area (Å²) < 4.78 is 10.7. The summed E-state index contributed by atoms with van der Waals surface area (Å²) in [6.45, 7) is 3.96. The van der Waals surface area contributed by atoms with Crippen molar-refractivity contribution in [2.75, 3.05) is 7.11 Å². The van der Waals surface area contributed by atoms with E-state index in [0.29, 0.717) is 22.2 Å². The maximum Gasteiger partial charge on any atom is 0.345 e. The Kier molecular flexibility index (Phi) is 7.04. The van der Waals surface area contributed by atoms with Crippen LogP contribution < -0.4 is 20.2 Å². The monoisotopic (exact) mass is 372 g/mol. The van der Waals surface area contributed by atoms with E-state index in [1.807, 2.05) is 13.8 Å². The van der Waals surface area contributed by atoms with E-state index in [-0.39, 0.29) is 6.04 Å².